The Morgan fingerprint density at radius 2 is 2.12 bits per heavy atom. The first-order chi connectivity index (χ1) is 7.66. The molecule has 0 radical (unpaired) electrons. The summed E-state index contributed by atoms with van der Waals surface area (Å²) >= 11 is 0. The average molecular weight is 244 g/mol. The summed E-state index contributed by atoms with van der Waals surface area (Å²) in [6.45, 7) is 6.94. The van der Waals surface area contributed by atoms with Crippen LogP contribution in [0.25, 0.3) is 0 Å². The molecule has 3 aliphatic rings. The van der Waals surface area contributed by atoms with Crippen LogP contribution in [0.1, 0.15) is 26.2 Å². The van der Waals surface area contributed by atoms with Gasteiger partial charge >= 0.3 is 0 Å². The molecule has 3 rings (SSSR count). The van der Waals surface area contributed by atoms with Gasteiger partial charge in [0.05, 0.1) is 0 Å². The van der Waals surface area contributed by atoms with Crippen LogP contribution in [-0.2, 0) is 10.8 Å². The number of rotatable bonds is 5. The molecule has 3 saturated heterocycles. The van der Waals surface area contributed by atoms with Gasteiger partial charge in [0, 0.05) is 34.9 Å². The van der Waals surface area contributed by atoms with E-state index in [0.717, 1.165) is 18.9 Å². The molecule has 4 heteroatoms. The fraction of sp³-hybridized carbons (Fsp3) is 1.00. The summed E-state index contributed by atoms with van der Waals surface area (Å²) in [5, 5.41) is 3.99. The second kappa shape index (κ2) is 5.61. The molecule has 94 valence electrons. The summed E-state index contributed by atoms with van der Waals surface area (Å²) < 4.78 is 11.2. The molecule has 3 nitrogen and oxygen atoms in total. The lowest BCUT2D eigenvalue weighted by Crippen LogP contribution is -2.56. The van der Waals surface area contributed by atoms with Crippen molar-refractivity contribution in [2.45, 2.75) is 37.5 Å². The predicted octanol–water partition coefficient (Wildman–Crippen LogP) is 0.827. The van der Waals surface area contributed by atoms with Crippen LogP contribution in [0.2, 0.25) is 0 Å². The number of hydrogen-bond donors (Lipinski definition) is 1. The van der Waals surface area contributed by atoms with E-state index in [2.05, 4.69) is 17.1 Å². The Hall–Kier alpha value is 0.0700. The zero-order valence-electron chi connectivity index (χ0n) is 10.4. The topological polar surface area (TPSA) is 32.3 Å². The second-order valence-electron chi connectivity index (χ2n) is 5.30. The third kappa shape index (κ3) is 3.05. The quantitative estimate of drug-likeness (QED) is 0.777. The lowest BCUT2D eigenvalue weighted by atomic mass is 9.84. The van der Waals surface area contributed by atoms with E-state index in [0.29, 0.717) is 11.3 Å². The first kappa shape index (κ1) is 12.5. The van der Waals surface area contributed by atoms with Gasteiger partial charge in [0.25, 0.3) is 0 Å². The molecule has 1 N–H and O–H groups in total. The lowest BCUT2D eigenvalue weighted by Gasteiger charge is -2.45. The van der Waals surface area contributed by atoms with Crippen LogP contribution >= 0.6 is 0 Å². The summed E-state index contributed by atoms with van der Waals surface area (Å²) in [4.78, 5) is 2.57. The summed E-state index contributed by atoms with van der Waals surface area (Å²) in [6.07, 6.45) is 5.57. The lowest BCUT2D eigenvalue weighted by molar-refractivity contribution is 0.0728. The zero-order valence-corrected chi connectivity index (χ0v) is 11.3. The fourth-order valence-corrected chi connectivity index (χ4v) is 3.28. The average Bonchev–Trinajstić information content (AvgIpc) is 2.30. The maximum absolute atomic E-state index is 11.2. The van der Waals surface area contributed by atoms with E-state index in [4.69, 9.17) is 0 Å². The van der Waals surface area contributed by atoms with Crippen LogP contribution in [0.5, 0.6) is 0 Å². The number of piperidine rings is 3. The van der Waals surface area contributed by atoms with Gasteiger partial charge in [-0.1, -0.05) is 6.92 Å². The highest BCUT2D eigenvalue weighted by atomic mass is 32.2. The molecule has 3 heterocycles. The van der Waals surface area contributed by atoms with Crippen molar-refractivity contribution in [1.29, 1.82) is 0 Å². The molecule has 0 spiro atoms. The van der Waals surface area contributed by atoms with E-state index in [1.165, 1.54) is 32.5 Å². The smallest absolute Gasteiger partial charge is 0.0329 e. The van der Waals surface area contributed by atoms with Gasteiger partial charge in [0.1, 0.15) is 0 Å². The molecule has 3 unspecified atom stereocenters. The van der Waals surface area contributed by atoms with E-state index < -0.39 is 10.8 Å². The van der Waals surface area contributed by atoms with Crippen molar-refractivity contribution in [2.24, 2.45) is 5.92 Å². The summed E-state index contributed by atoms with van der Waals surface area (Å²) in [7, 11) is -0.669. The van der Waals surface area contributed by atoms with Crippen molar-refractivity contribution in [3.8, 4) is 0 Å². The Morgan fingerprint density at radius 1 is 1.44 bits per heavy atom. The minimum absolute atomic E-state index is 0.327. The molecule has 3 fully saturated rings. The minimum Gasteiger partial charge on any atom is -0.312 e. The molecule has 16 heavy (non-hydrogen) atoms. The Labute approximate surface area is 101 Å². The largest absolute Gasteiger partial charge is 0.312 e. The molecule has 0 aromatic heterocycles. The van der Waals surface area contributed by atoms with E-state index in [1.807, 2.05) is 0 Å². The van der Waals surface area contributed by atoms with E-state index in [1.54, 1.807) is 6.26 Å². The van der Waals surface area contributed by atoms with E-state index in [9.17, 15) is 4.21 Å². The van der Waals surface area contributed by atoms with Crippen molar-refractivity contribution in [1.82, 2.24) is 10.2 Å². The van der Waals surface area contributed by atoms with E-state index >= 15 is 0 Å². The fourth-order valence-electron chi connectivity index (χ4n) is 2.83. The standard InChI is InChI=1S/C12H24N2OS/c1-10(16(2)15)3-6-13-12-9-14-7-4-11(12)5-8-14/h10-13H,3-9H2,1-2H3. The zero-order chi connectivity index (χ0) is 11.5. The third-order valence-corrected chi connectivity index (χ3v) is 5.55. The van der Waals surface area contributed by atoms with Gasteiger partial charge in [0.2, 0.25) is 0 Å². The highest BCUT2D eigenvalue weighted by molar-refractivity contribution is 7.84. The van der Waals surface area contributed by atoms with Crippen LogP contribution in [0, 0.1) is 5.92 Å². The van der Waals surface area contributed by atoms with Gasteiger partial charge in [-0.2, -0.15) is 0 Å². The van der Waals surface area contributed by atoms with Crippen LogP contribution < -0.4 is 5.32 Å². The summed E-state index contributed by atoms with van der Waals surface area (Å²) in [5.74, 6) is 0.896. The highest BCUT2D eigenvalue weighted by Gasteiger charge is 2.33. The molecule has 0 aliphatic carbocycles. The maximum atomic E-state index is 11.2. The third-order valence-electron chi connectivity index (χ3n) is 4.18. The van der Waals surface area contributed by atoms with Crippen LogP contribution in [-0.4, -0.2) is 52.8 Å². The molecule has 2 bridgehead atoms. The Kier molecular flexibility index (Phi) is 4.39. The van der Waals surface area contributed by atoms with Crippen LogP contribution in [0.3, 0.4) is 0 Å². The molecular weight excluding hydrogens is 220 g/mol. The van der Waals surface area contributed by atoms with Crippen molar-refractivity contribution >= 4 is 10.8 Å². The molecule has 0 saturated carbocycles. The van der Waals surface area contributed by atoms with Crippen molar-refractivity contribution in [3.05, 3.63) is 0 Å². The van der Waals surface area contributed by atoms with Crippen LogP contribution in [0.4, 0.5) is 0 Å². The maximum Gasteiger partial charge on any atom is 0.0329 e. The highest BCUT2D eigenvalue weighted by Crippen LogP contribution is 2.27. The number of nitrogens with one attached hydrogen (secondary N) is 1. The van der Waals surface area contributed by atoms with Gasteiger partial charge in [-0.15, -0.1) is 0 Å². The molecule has 3 aliphatic heterocycles. The Bertz CT molecular complexity index is 251. The minimum atomic E-state index is -0.669. The SMILES string of the molecule is CC(CCNC1CN2CCC1CC2)S(C)=O. The van der Waals surface area contributed by atoms with Crippen molar-refractivity contribution in [3.63, 3.8) is 0 Å². The molecular formula is C12H24N2OS. The second-order valence-corrected chi connectivity index (χ2v) is 7.10. The predicted molar refractivity (Wildman–Crippen MR) is 69.1 cm³/mol. The molecule has 0 amide bonds. The number of nitrogens with zero attached hydrogens (tertiary/aromatic N) is 1. The van der Waals surface area contributed by atoms with Gasteiger partial charge in [-0.25, -0.2) is 0 Å². The number of hydrogen-bond acceptors (Lipinski definition) is 3. The molecule has 0 aromatic rings. The summed E-state index contributed by atoms with van der Waals surface area (Å²) in [6, 6.07) is 0.694. The van der Waals surface area contributed by atoms with Gasteiger partial charge in [0.15, 0.2) is 0 Å². The van der Waals surface area contributed by atoms with Gasteiger partial charge in [-0.05, 0) is 44.8 Å². The Balaban J connectivity index is 1.68. The van der Waals surface area contributed by atoms with Gasteiger partial charge < -0.3 is 10.2 Å². The van der Waals surface area contributed by atoms with E-state index in [-0.39, 0.29) is 0 Å². The normalized spacial score (nSPS) is 37.2. The Morgan fingerprint density at radius 3 is 2.62 bits per heavy atom. The van der Waals surface area contributed by atoms with Crippen LogP contribution in [0.15, 0.2) is 0 Å². The molecule has 3 atom stereocenters. The molecule has 0 aromatic carbocycles. The number of fused-ring (bicyclic) bond motifs is 3. The van der Waals surface area contributed by atoms with Crippen molar-refractivity contribution < 1.29 is 4.21 Å². The monoisotopic (exact) mass is 244 g/mol. The first-order valence-corrected chi connectivity index (χ1v) is 8.07. The van der Waals surface area contributed by atoms with Crippen molar-refractivity contribution in [2.75, 3.05) is 32.4 Å². The summed E-state index contributed by atoms with van der Waals surface area (Å²) in [5.41, 5.74) is 0. The first-order valence-electron chi connectivity index (χ1n) is 6.45. The van der Waals surface area contributed by atoms with Gasteiger partial charge in [-0.3, -0.25) is 4.21 Å².